The fraction of sp³-hybridized carbons (Fsp3) is 0.368. The van der Waals surface area contributed by atoms with Gasteiger partial charge in [-0.2, -0.15) is 0 Å². The van der Waals surface area contributed by atoms with Crippen LogP contribution < -0.4 is 0 Å². The third-order valence-electron chi connectivity index (χ3n) is 4.10. The van der Waals surface area contributed by atoms with Crippen LogP contribution in [0.15, 0.2) is 60.7 Å². The van der Waals surface area contributed by atoms with E-state index in [1.54, 1.807) is 0 Å². The third kappa shape index (κ3) is 3.93. The fourth-order valence-corrected chi connectivity index (χ4v) is 2.95. The van der Waals surface area contributed by atoms with Crippen LogP contribution in [0.25, 0.3) is 0 Å². The highest BCUT2D eigenvalue weighted by Crippen LogP contribution is 2.25. The summed E-state index contributed by atoms with van der Waals surface area (Å²) in [5, 5.41) is 0. The minimum Gasteiger partial charge on any atom is -0.367 e. The Hall–Kier alpha value is -1.64. The van der Waals surface area contributed by atoms with Gasteiger partial charge in [0.15, 0.2) is 0 Å². The summed E-state index contributed by atoms with van der Waals surface area (Å²) in [5.74, 6) is 0. The van der Waals surface area contributed by atoms with Crippen molar-refractivity contribution in [1.82, 2.24) is 4.90 Å². The average Bonchev–Trinajstić information content (AvgIpc) is 3.07. The second-order valence-electron chi connectivity index (χ2n) is 5.62. The van der Waals surface area contributed by atoms with Gasteiger partial charge in [0.1, 0.15) is 6.10 Å². The van der Waals surface area contributed by atoms with E-state index in [0.717, 1.165) is 13.2 Å². The van der Waals surface area contributed by atoms with Gasteiger partial charge < -0.3 is 9.64 Å². The third-order valence-corrected chi connectivity index (χ3v) is 4.10. The predicted octanol–water partition coefficient (Wildman–Crippen LogP) is 3.89. The summed E-state index contributed by atoms with van der Waals surface area (Å²) in [6.07, 6.45) is 2.71. The predicted molar refractivity (Wildman–Crippen MR) is 86.4 cm³/mol. The number of nitrogens with zero attached hydrogens (tertiary/aromatic N) is 1. The van der Waals surface area contributed by atoms with E-state index in [2.05, 4.69) is 65.6 Å². The molecule has 0 amide bonds. The van der Waals surface area contributed by atoms with Crippen molar-refractivity contribution in [2.75, 3.05) is 26.2 Å². The summed E-state index contributed by atoms with van der Waals surface area (Å²) in [7, 11) is 0. The van der Waals surface area contributed by atoms with Gasteiger partial charge in [0.25, 0.3) is 0 Å². The Balaban J connectivity index is 1.67. The lowest BCUT2D eigenvalue weighted by atomic mass is 10.0. The molecule has 0 aliphatic carbocycles. The van der Waals surface area contributed by atoms with Crippen LogP contribution in [0.5, 0.6) is 0 Å². The zero-order valence-corrected chi connectivity index (χ0v) is 12.4. The topological polar surface area (TPSA) is 12.5 Å². The molecule has 110 valence electrons. The van der Waals surface area contributed by atoms with Crippen molar-refractivity contribution in [3.05, 3.63) is 71.8 Å². The van der Waals surface area contributed by atoms with Crippen LogP contribution in [-0.2, 0) is 4.74 Å². The maximum atomic E-state index is 6.23. The summed E-state index contributed by atoms with van der Waals surface area (Å²) in [4.78, 5) is 2.49. The van der Waals surface area contributed by atoms with Crippen molar-refractivity contribution in [2.45, 2.75) is 18.9 Å². The Kier molecular flexibility index (Phi) is 5.03. The standard InChI is InChI=1S/C19H23NO/c1-3-9-17(10-4-1)19(18-11-5-2-6-12-18)21-16-15-20-13-7-8-14-20/h1-6,9-12,19H,7-8,13-16H2. The Morgan fingerprint density at radius 2 is 1.33 bits per heavy atom. The molecule has 2 nitrogen and oxygen atoms in total. The van der Waals surface area contributed by atoms with E-state index >= 15 is 0 Å². The first-order valence-electron chi connectivity index (χ1n) is 7.87. The minimum absolute atomic E-state index is 0.0370. The lowest BCUT2D eigenvalue weighted by Crippen LogP contribution is -2.25. The largest absolute Gasteiger partial charge is 0.367 e. The highest BCUT2D eigenvalue weighted by atomic mass is 16.5. The lowest BCUT2D eigenvalue weighted by Gasteiger charge is -2.21. The first-order chi connectivity index (χ1) is 10.4. The normalized spacial score (nSPS) is 15.7. The first-order valence-corrected chi connectivity index (χ1v) is 7.87. The van der Waals surface area contributed by atoms with Crippen molar-refractivity contribution in [2.24, 2.45) is 0 Å². The zero-order valence-electron chi connectivity index (χ0n) is 12.4. The Labute approximate surface area is 127 Å². The highest BCUT2D eigenvalue weighted by Gasteiger charge is 2.16. The van der Waals surface area contributed by atoms with Crippen molar-refractivity contribution in [3.63, 3.8) is 0 Å². The van der Waals surface area contributed by atoms with E-state index in [9.17, 15) is 0 Å². The summed E-state index contributed by atoms with van der Waals surface area (Å²) < 4.78 is 6.23. The molecule has 0 bridgehead atoms. The monoisotopic (exact) mass is 281 g/mol. The highest BCUT2D eigenvalue weighted by molar-refractivity contribution is 5.29. The van der Waals surface area contributed by atoms with E-state index in [1.165, 1.54) is 37.1 Å². The molecule has 1 aliphatic rings. The molecule has 1 saturated heterocycles. The van der Waals surface area contributed by atoms with Crippen LogP contribution in [-0.4, -0.2) is 31.1 Å². The van der Waals surface area contributed by atoms with Gasteiger partial charge in [-0.05, 0) is 37.1 Å². The molecule has 0 aromatic heterocycles. The molecule has 0 saturated carbocycles. The number of ether oxygens (including phenoxy) is 1. The minimum atomic E-state index is 0.0370. The summed E-state index contributed by atoms with van der Waals surface area (Å²) in [6, 6.07) is 21.0. The van der Waals surface area contributed by atoms with Crippen LogP contribution in [0.4, 0.5) is 0 Å². The Morgan fingerprint density at radius 3 is 1.86 bits per heavy atom. The van der Waals surface area contributed by atoms with Gasteiger partial charge in [-0.1, -0.05) is 60.7 Å². The van der Waals surface area contributed by atoms with Crippen molar-refractivity contribution in [3.8, 4) is 0 Å². The molecule has 2 heteroatoms. The van der Waals surface area contributed by atoms with Gasteiger partial charge in [0.2, 0.25) is 0 Å². The number of rotatable bonds is 6. The van der Waals surface area contributed by atoms with E-state index in [1.807, 2.05) is 0 Å². The maximum absolute atomic E-state index is 6.23. The summed E-state index contributed by atoms with van der Waals surface area (Å²) in [6.45, 7) is 4.28. The zero-order chi connectivity index (χ0) is 14.3. The number of hydrogen-bond donors (Lipinski definition) is 0. The second-order valence-corrected chi connectivity index (χ2v) is 5.62. The molecule has 2 aromatic carbocycles. The van der Waals surface area contributed by atoms with Gasteiger partial charge in [-0.15, -0.1) is 0 Å². The molecule has 0 N–H and O–H groups in total. The Morgan fingerprint density at radius 1 is 0.810 bits per heavy atom. The van der Waals surface area contributed by atoms with Crippen molar-refractivity contribution in [1.29, 1.82) is 0 Å². The summed E-state index contributed by atoms with van der Waals surface area (Å²) in [5.41, 5.74) is 2.45. The average molecular weight is 281 g/mol. The number of likely N-dealkylation sites (tertiary alicyclic amines) is 1. The van der Waals surface area contributed by atoms with E-state index in [-0.39, 0.29) is 6.10 Å². The van der Waals surface area contributed by atoms with Crippen LogP contribution in [0.1, 0.15) is 30.1 Å². The molecule has 1 aliphatic heterocycles. The fourth-order valence-electron chi connectivity index (χ4n) is 2.95. The summed E-state index contributed by atoms with van der Waals surface area (Å²) >= 11 is 0. The van der Waals surface area contributed by atoms with Crippen molar-refractivity contribution >= 4 is 0 Å². The molecule has 1 heterocycles. The molecule has 1 fully saturated rings. The first kappa shape index (κ1) is 14.3. The van der Waals surface area contributed by atoms with Gasteiger partial charge in [-0.25, -0.2) is 0 Å². The Bertz CT molecular complexity index is 480. The molecule has 3 rings (SSSR count). The molecule has 0 radical (unpaired) electrons. The van der Waals surface area contributed by atoms with Crippen LogP contribution >= 0.6 is 0 Å². The van der Waals surface area contributed by atoms with E-state index < -0.39 is 0 Å². The van der Waals surface area contributed by atoms with E-state index in [0.29, 0.717) is 0 Å². The van der Waals surface area contributed by atoms with Crippen LogP contribution in [0, 0.1) is 0 Å². The maximum Gasteiger partial charge on any atom is 0.108 e. The molecule has 21 heavy (non-hydrogen) atoms. The quantitative estimate of drug-likeness (QED) is 0.796. The van der Waals surface area contributed by atoms with E-state index in [4.69, 9.17) is 4.74 Å². The number of hydrogen-bond acceptors (Lipinski definition) is 2. The van der Waals surface area contributed by atoms with Gasteiger partial charge >= 0.3 is 0 Å². The SMILES string of the molecule is c1ccc(C(OCCN2CCCC2)c2ccccc2)cc1. The number of benzene rings is 2. The molecule has 2 aromatic rings. The second kappa shape index (κ2) is 7.39. The molecule has 0 spiro atoms. The molecule has 0 unspecified atom stereocenters. The lowest BCUT2D eigenvalue weighted by molar-refractivity contribution is 0.0644. The van der Waals surface area contributed by atoms with Gasteiger partial charge in [0.05, 0.1) is 6.61 Å². The molecular formula is C19H23NO. The van der Waals surface area contributed by atoms with Crippen molar-refractivity contribution < 1.29 is 4.74 Å². The van der Waals surface area contributed by atoms with Gasteiger partial charge in [-0.3, -0.25) is 0 Å². The smallest absolute Gasteiger partial charge is 0.108 e. The molecular weight excluding hydrogens is 258 g/mol. The molecule has 0 atom stereocenters. The van der Waals surface area contributed by atoms with Crippen LogP contribution in [0.3, 0.4) is 0 Å². The van der Waals surface area contributed by atoms with Crippen LogP contribution in [0.2, 0.25) is 0 Å². The van der Waals surface area contributed by atoms with Gasteiger partial charge in [0, 0.05) is 6.54 Å².